The summed E-state index contributed by atoms with van der Waals surface area (Å²) in [6.45, 7) is 2.95. The largest absolute Gasteiger partial charge is 0.497 e. The molecule has 0 bridgehead atoms. The maximum Gasteiger partial charge on any atom is 0.119 e. The molecule has 0 saturated carbocycles. The van der Waals surface area contributed by atoms with Crippen molar-refractivity contribution in [3.8, 4) is 5.75 Å². The van der Waals surface area contributed by atoms with E-state index in [0.717, 1.165) is 18.7 Å². The Balaban J connectivity index is 2.54. The third-order valence-corrected chi connectivity index (χ3v) is 3.25. The molecule has 0 aromatic heterocycles. The Morgan fingerprint density at radius 3 is 2.76 bits per heavy atom. The molecule has 0 aliphatic rings. The number of fused-ring (bicyclic) bond motifs is 1. The molecule has 0 fully saturated rings. The van der Waals surface area contributed by atoms with Crippen molar-refractivity contribution in [3.05, 3.63) is 42.0 Å². The predicted octanol–water partition coefficient (Wildman–Crippen LogP) is 3.30. The Morgan fingerprint density at radius 2 is 2.06 bits per heavy atom. The average Bonchev–Trinajstić information content (AvgIpc) is 2.37. The van der Waals surface area contributed by atoms with Crippen LogP contribution in [-0.4, -0.2) is 13.7 Å². The van der Waals surface area contributed by atoms with E-state index in [1.54, 1.807) is 7.11 Å². The summed E-state index contributed by atoms with van der Waals surface area (Å²) in [7, 11) is 1.70. The molecule has 2 aromatic rings. The summed E-state index contributed by atoms with van der Waals surface area (Å²) in [6.07, 6.45) is 1.01. The number of rotatable bonds is 4. The number of nitrogens with two attached hydrogens (primary N) is 1. The van der Waals surface area contributed by atoms with Crippen LogP contribution in [0.1, 0.15) is 24.8 Å². The molecule has 0 saturated heterocycles. The summed E-state index contributed by atoms with van der Waals surface area (Å²) >= 11 is 0. The molecule has 0 spiro atoms. The predicted molar refractivity (Wildman–Crippen MR) is 72.6 cm³/mol. The van der Waals surface area contributed by atoms with Gasteiger partial charge in [-0.25, -0.2) is 0 Å². The minimum absolute atomic E-state index is 0.482. The molecular formula is C15H19NO. The topological polar surface area (TPSA) is 35.2 Å². The van der Waals surface area contributed by atoms with Crippen molar-refractivity contribution >= 4 is 10.8 Å². The van der Waals surface area contributed by atoms with Crippen molar-refractivity contribution in [1.29, 1.82) is 0 Å². The normalized spacial score (nSPS) is 12.6. The lowest BCUT2D eigenvalue weighted by atomic mass is 9.92. The number of ether oxygens (including phenoxy) is 1. The average molecular weight is 229 g/mol. The first-order valence-corrected chi connectivity index (χ1v) is 6.03. The molecule has 0 heterocycles. The van der Waals surface area contributed by atoms with Gasteiger partial charge in [-0.3, -0.25) is 0 Å². The van der Waals surface area contributed by atoms with Gasteiger partial charge in [0.05, 0.1) is 7.11 Å². The van der Waals surface area contributed by atoms with Gasteiger partial charge >= 0.3 is 0 Å². The van der Waals surface area contributed by atoms with Crippen molar-refractivity contribution in [3.63, 3.8) is 0 Å². The minimum atomic E-state index is 0.482. The van der Waals surface area contributed by atoms with Gasteiger partial charge < -0.3 is 10.5 Å². The summed E-state index contributed by atoms with van der Waals surface area (Å²) in [6, 6.07) is 12.6. The highest BCUT2D eigenvalue weighted by Crippen LogP contribution is 2.29. The van der Waals surface area contributed by atoms with Gasteiger partial charge in [0.15, 0.2) is 0 Å². The summed E-state index contributed by atoms with van der Waals surface area (Å²) < 4.78 is 5.29. The smallest absolute Gasteiger partial charge is 0.119 e. The van der Waals surface area contributed by atoms with Crippen LogP contribution < -0.4 is 10.5 Å². The van der Waals surface area contributed by atoms with E-state index < -0.39 is 0 Å². The molecule has 2 aromatic carbocycles. The summed E-state index contributed by atoms with van der Waals surface area (Å²) in [5.74, 6) is 1.39. The highest BCUT2D eigenvalue weighted by atomic mass is 16.5. The zero-order chi connectivity index (χ0) is 12.3. The molecule has 0 aliphatic heterocycles. The van der Waals surface area contributed by atoms with E-state index in [0.29, 0.717) is 5.92 Å². The maximum atomic E-state index is 5.64. The van der Waals surface area contributed by atoms with Gasteiger partial charge in [0.25, 0.3) is 0 Å². The van der Waals surface area contributed by atoms with Gasteiger partial charge in [-0.2, -0.15) is 0 Å². The Labute approximate surface area is 102 Å². The quantitative estimate of drug-likeness (QED) is 0.873. The molecule has 90 valence electrons. The van der Waals surface area contributed by atoms with Crippen molar-refractivity contribution in [1.82, 2.24) is 0 Å². The minimum Gasteiger partial charge on any atom is -0.497 e. The van der Waals surface area contributed by atoms with Crippen molar-refractivity contribution in [2.45, 2.75) is 19.3 Å². The lowest BCUT2D eigenvalue weighted by Gasteiger charge is -2.14. The fourth-order valence-corrected chi connectivity index (χ4v) is 2.24. The summed E-state index contributed by atoms with van der Waals surface area (Å²) in [5.41, 5.74) is 7.00. The second-order valence-electron chi connectivity index (χ2n) is 4.41. The van der Waals surface area contributed by atoms with Gasteiger partial charge in [0, 0.05) is 0 Å². The number of benzene rings is 2. The van der Waals surface area contributed by atoms with Crippen LogP contribution in [0.3, 0.4) is 0 Å². The van der Waals surface area contributed by atoms with E-state index in [1.165, 1.54) is 16.3 Å². The SMILES string of the molecule is COc1ccc2cccc(C(C)CCN)c2c1. The van der Waals surface area contributed by atoms with Crippen LogP contribution in [0.5, 0.6) is 5.75 Å². The van der Waals surface area contributed by atoms with E-state index in [2.05, 4.69) is 37.3 Å². The molecule has 2 rings (SSSR count). The van der Waals surface area contributed by atoms with Gasteiger partial charge in [0.1, 0.15) is 5.75 Å². The van der Waals surface area contributed by atoms with E-state index in [9.17, 15) is 0 Å². The van der Waals surface area contributed by atoms with Crippen LogP contribution in [-0.2, 0) is 0 Å². The van der Waals surface area contributed by atoms with E-state index in [4.69, 9.17) is 10.5 Å². The lowest BCUT2D eigenvalue weighted by Crippen LogP contribution is -2.04. The fourth-order valence-electron chi connectivity index (χ4n) is 2.24. The fraction of sp³-hybridized carbons (Fsp3) is 0.333. The van der Waals surface area contributed by atoms with Crippen LogP contribution in [0, 0.1) is 0 Å². The number of hydrogen-bond donors (Lipinski definition) is 1. The van der Waals surface area contributed by atoms with Gasteiger partial charge in [-0.15, -0.1) is 0 Å². The maximum absolute atomic E-state index is 5.64. The highest BCUT2D eigenvalue weighted by molar-refractivity contribution is 5.87. The number of hydrogen-bond acceptors (Lipinski definition) is 2. The molecule has 1 atom stereocenters. The second-order valence-corrected chi connectivity index (χ2v) is 4.41. The third kappa shape index (κ3) is 2.42. The van der Waals surface area contributed by atoms with Crippen LogP contribution >= 0.6 is 0 Å². The molecule has 2 nitrogen and oxygen atoms in total. The van der Waals surface area contributed by atoms with Crippen LogP contribution in [0.15, 0.2) is 36.4 Å². The van der Waals surface area contributed by atoms with Gasteiger partial charge in [-0.1, -0.05) is 31.2 Å². The molecule has 2 heteroatoms. The molecular weight excluding hydrogens is 210 g/mol. The Hall–Kier alpha value is -1.54. The van der Waals surface area contributed by atoms with Gasteiger partial charge in [-0.05, 0) is 47.4 Å². The standard InChI is InChI=1S/C15H19NO/c1-11(8-9-16)14-5-3-4-12-6-7-13(17-2)10-15(12)14/h3-7,10-11H,8-9,16H2,1-2H3. The first-order valence-electron chi connectivity index (χ1n) is 6.03. The first kappa shape index (κ1) is 11.9. The van der Waals surface area contributed by atoms with E-state index >= 15 is 0 Å². The molecule has 0 amide bonds. The molecule has 0 radical (unpaired) electrons. The Kier molecular flexibility index (Phi) is 3.64. The lowest BCUT2D eigenvalue weighted by molar-refractivity contribution is 0.415. The molecule has 0 aliphatic carbocycles. The van der Waals surface area contributed by atoms with Crippen molar-refractivity contribution < 1.29 is 4.74 Å². The summed E-state index contributed by atoms with van der Waals surface area (Å²) in [4.78, 5) is 0. The summed E-state index contributed by atoms with van der Waals surface area (Å²) in [5, 5.41) is 2.53. The van der Waals surface area contributed by atoms with Gasteiger partial charge in [0.2, 0.25) is 0 Å². The zero-order valence-corrected chi connectivity index (χ0v) is 10.4. The van der Waals surface area contributed by atoms with Crippen LogP contribution in [0.25, 0.3) is 10.8 Å². The van der Waals surface area contributed by atoms with Crippen molar-refractivity contribution in [2.24, 2.45) is 5.73 Å². The third-order valence-electron chi connectivity index (χ3n) is 3.25. The van der Waals surface area contributed by atoms with Crippen LogP contribution in [0.2, 0.25) is 0 Å². The first-order chi connectivity index (χ1) is 8.26. The van der Waals surface area contributed by atoms with Crippen molar-refractivity contribution in [2.75, 3.05) is 13.7 Å². The molecule has 2 N–H and O–H groups in total. The molecule has 1 unspecified atom stereocenters. The highest BCUT2D eigenvalue weighted by Gasteiger charge is 2.09. The molecule has 17 heavy (non-hydrogen) atoms. The Morgan fingerprint density at radius 1 is 1.24 bits per heavy atom. The number of methoxy groups -OCH3 is 1. The van der Waals surface area contributed by atoms with E-state index in [1.807, 2.05) is 6.07 Å². The van der Waals surface area contributed by atoms with E-state index in [-0.39, 0.29) is 0 Å². The second kappa shape index (κ2) is 5.19. The monoisotopic (exact) mass is 229 g/mol. The zero-order valence-electron chi connectivity index (χ0n) is 10.4. The van der Waals surface area contributed by atoms with Crippen LogP contribution in [0.4, 0.5) is 0 Å². The Bertz CT molecular complexity index is 507.